The molecule has 1 aliphatic heterocycles. The molecule has 0 saturated carbocycles. The molecule has 31 heavy (non-hydrogen) atoms. The Morgan fingerprint density at radius 1 is 0.871 bits per heavy atom. The van der Waals surface area contributed by atoms with Crippen LogP contribution in [0, 0.1) is 0 Å². The van der Waals surface area contributed by atoms with E-state index in [-0.39, 0.29) is 17.7 Å². The van der Waals surface area contributed by atoms with Gasteiger partial charge in [-0.15, -0.1) is 0 Å². The van der Waals surface area contributed by atoms with Gasteiger partial charge in [0.15, 0.2) is 0 Å². The maximum Gasteiger partial charge on any atom is 0.289 e. The lowest BCUT2D eigenvalue weighted by Gasteiger charge is -2.14. The van der Waals surface area contributed by atoms with Crippen LogP contribution in [-0.4, -0.2) is 21.3 Å². The van der Waals surface area contributed by atoms with Gasteiger partial charge in [-0.1, -0.05) is 77.4 Å². The quantitative estimate of drug-likeness (QED) is 0.401. The molecule has 7 heteroatoms. The number of carbonyl (C=O) groups is 2. The van der Waals surface area contributed by atoms with Crippen LogP contribution >= 0.6 is 35.0 Å². The van der Waals surface area contributed by atoms with E-state index in [1.165, 1.54) is 4.90 Å². The fraction of sp³-hybridized carbons (Fsp3) is 0.167. The zero-order chi connectivity index (χ0) is 21.8. The van der Waals surface area contributed by atoms with Crippen molar-refractivity contribution in [3.63, 3.8) is 0 Å². The van der Waals surface area contributed by atoms with Crippen LogP contribution in [0.4, 0.5) is 4.79 Å². The van der Waals surface area contributed by atoms with Gasteiger partial charge in [0.2, 0.25) is 5.91 Å². The second kappa shape index (κ2) is 9.77. The third-order valence-electron chi connectivity index (χ3n) is 4.96. The summed E-state index contributed by atoms with van der Waals surface area (Å²) in [5.41, 5.74) is 2.75. The number of carbonyl (C=O) groups excluding carboxylic acids is 2. The van der Waals surface area contributed by atoms with Gasteiger partial charge in [0.25, 0.3) is 5.24 Å². The lowest BCUT2D eigenvalue weighted by molar-refractivity contribution is -0.127. The van der Waals surface area contributed by atoms with Gasteiger partial charge in [-0.25, -0.2) is 0 Å². The van der Waals surface area contributed by atoms with Crippen molar-refractivity contribution in [3.8, 4) is 5.75 Å². The van der Waals surface area contributed by atoms with E-state index in [0.717, 1.165) is 34.2 Å². The first kappa shape index (κ1) is 21.8. The highest BCUT2D eigenvalue weighted by Crippen LogP contribution is 2.31. The SMILES string of the molecule is O=C1S[C@H](Cc2ccc(OCc3ccccc3Cl)cc2)C(=O)N1Cc1ccc(Cl)cc1. The van der Waals surface area contributed by atoms with Crippen LogP contribution in [0.1, 0.15) is 16.7 Å². The van der Waals surface area contributed by atoms with Crippen molar-refractivity contribution >= 4 is 46.1 Å². The van der Waals surface area contributed by atoms with Crippen molar-refractivity contribution in [1.29, 1.82) is 0 Å². The molecular formula is C24H19Cl2NO3S. The van der Waals surface area contributed by atoms with E-state index in [1.807, 2.05) is 60.7 Å². The number of rotatable bonds is 7. The van der Waals surface area contributed by atoms with Crippen LogP contribution in [-0.2, 0) is 24.4 Å². The van der Waals surface area contributed by atoms with Crippen LogP contribution in [0.2, 0.25) is 10.0 Å². The Hall–Kier alpha value is -2.47. The molecule has 4 rings (SSSR count). The number of imide groups is 1. The van der Waals surface area contributed by atoms with Crippen molar-refractivity contribution < 1.29 is 14.3 Å². The van der Waals surface area contributed by atoms with E-state index >= 15 is 0 Å². The standard InChI is InChI=1S/C24H19Cl2NO3S/c25-19-9-5-17(6-10-19)14-27-23(28)22(31-24(27)29)13-16-7-11-20(12-8-16)30-15-18-3-1-2-4-21(18)26/h1-12,22H,13-15H2/t22-/m1/s1. The molecule has 0 aliphatic carbocycles. The van der Waals surface area contributed by atoms with E-state index in [1.54, 1.807) is 12.1 Å². The highest BCUT2D eigenvalue weighted by Gasteiger charge is 2.39. The van der Waals surface area contributed by atoms with Gasteiger partial charge in [-0.05, 0) is 47.9 Å². The molecule has 158 valence electrons. The molecule has 2 amide bonds. The van der Waals surface area contributed by atoms with Crippen molar-refractivity contribution in [2.24, 2.45) is 0 Å². The van der Waals surface area contributed by atoms with Crippen LogP contribution in [0.15, 0.2) is 72.8 Å². The minimum Gasteiger partial charge on any atom is -0.489 e. The number of hydrogen-bond acceptors (Lipinski definition) is 4. The summed E-state index contributed by atoms with van der Waals surface area (Å²) in [6, 6.07) is 22.3. The molecule has 0 aromatic heterocycles. The van der Waals surface area contributed by atoms with Gasteiger partial charge in [0, 0.05) is 15.6 Å². The lowest BCUT2D eigenvalue weighted by Crippen LogP contribution is -2.31. The van der Waals surface area contributed by atoms with Crippen molar-refractivity contribution in [1.82, 2.24) is 4.90 Å². The normalized spacial score (nSPS) is 16.1. The van der Waals surface area contributed by atoms with Gasteiger partial charge < -0.3 is 4.74 Å². The number of nitrogens with zero attached hydrogens (tertiary/aromatic N) is 1. The first-order chi connectivity index (χ1) is 15.0. The zero-order valence-corrected chi connectivity index (χ0v) is 18.8. The summed E-state index contributed by atoms with van der Waals surface area (Å²) in [7, 11) is 0. The minimum atomic E-state index is -0.422. The highest BCUT2D eigenvalue weighted by atomic mass is 35.5. The Bertz CT molecular complexity index is 1090. The van der Waals surface area contributed by atoms with Crippen LogP contribution in [0.25, 0.3) is 0 Å². The molecule has 1 fully saturated rings. The monoisotopic (exact) mass is 471 g/mol. The summed E-state index contributed by atoms with van der Waals surface area (Å²) in [6.45, 7) is 0.636. The molecule has 3 aromatic carbocycles. The Labute approximate surface area is 195 Å². The summed E-state index contributed by atoms with van der Waals surface area (Å²) in [4.78, 5) is 26.4. The number of ether oxygens (including phenoxy) is 1. The van der Waals surface area contributed by atoms with E-state index < -0.39 is 5.25 Å². The molecule has 0 N–H and O–H groups in total. The van der Waals surface area contributed by atoms with Crippen LogP contribution in [0.3, 0.4) is 0 Å². The van der Waals surface area contributed by atoms with Crippen LogP contribution < -0.4 is 4.74 Å². The van der Waals surface area contributed by atoms with Gasteiger partial charge in [-0.2, -0.15) is 0 Å². The predicted molar refractivity (Wildman–Crippen MR) is 125 cm³/mol. The highest BCUT2D eigenvalue weighted by molar-refractivity contribution is 8.15. The number of hydrogen-bond donors (Lipinski definition) is 0. The summed E-state index contributed by atoms with van der Waals surface area (Å²) in [5, 5.41) is 0.650. The van der Waals surface area contributed by atoms with Crippen LogP contribution in [0.5, 0.6) is 5.75 Å². The number of amides is 2. The average molecular weight is 472 g/mol. The zero-order valence-electron chi connectivity index (χ0n) is 16.5. The topological polar surface area (TPSA) is 46.6 Å². The fourth-order valence-electron chi connectivity index (χ4n) is 3.26. The first-order valence-electron chi connectivity index (χ1n) is 9.71. The van der Waals surface area contributed by atoms with E-state index in [4.69, 9.17) is 27.9 Å². The van der Waals surface area contributed by atoms with Gasteiger partial charge >= 0.3 is 0 Å². The Kier molecular flexibility index (Phi) is 6.86. The molecule has 0 radical (unpaired) electrons. The third-order valence-corrected chi connectivity index (χ3v) is 6.65. The van der Waals surface area contributed by atoms with E-state index in [0.29, 0.717) is 23.1 Å². The molecule has 1 saturated heterocycles. The Morgan fingerprint density at radius 2 is 1.55 bits per heavy atom. The average Bonchev–Trinajstić information content (AvgIpc) is 3.03. The Balaban J connectivity index is 1.34. The maximum atomic E-state index is 12.8. The lowest BCUT2D eigenvalue weighted by atomic mass is 10.1. The molecule has 1 heterocycles. The molecule has 0 spiro atoms. The van der Waals surface area contributed by atoms with Gasteiger partial charge in [0.05, 0.1) is 11.8 Å². The molecule has 3 aromatic rings. The number of benzene rings is 3. The van der Waals surface area contributed by atoms with E-state index in [9.17, 15) is 9.59 Å². The largest absolute Gasteiger partial charge is 0.489 e. The molecular weight excluding hydrogens is 453 g/mol. The molecule has 1 atom stereocenters. The first-order valence-corrected chi connectivity index (χ1v) is 11.3. The molecule has 0 unspecified atom stereocenters. The molecule has 1 aliphatic rings. The van der Waals surface area contributed by atoms with Crippen molar-refractivity contribution in [2.45, 2.75) is 24.8 Å². The molecule has 0 bridgehead atoms. The van der Waals surface area contributed by atoms with Crippen molar-refractivity contribution in [3.05, 3.63) is 99.5 Å². The van der Waals surface area contributed by atoms with E-state index in [2.05, 4.69) is 0 Å². The second-order valence-corrected chi connectivity index (χ2v) is 9.15. The fourth-order valence-corrected chi connectivity index (χ4v) is 4.60. The minimum absolute atomic E-state index is 0.163. The maximum absolute atomic E-state index is 12.8. The predicted octanol–water partition coefficient (Wildman–Crippen LogP) is 6.38. The smallest absolute Gasteiger partial charge is 0.289 e. The second-order valence-electron chi connectivity index (χ2n) is 7.15. The molecule has 4 nitrogen and oxygen atoms in total. The number of thioether (sulfide) groups is 1. The third kappa shape index (κ3) is 5.42. The summed E-state index contributed by atoms with van der Waals surface area (Å²) < 4.78 is 5.80. The van der Waals surface area contributed by atoms with Crippen molar-refractivity contribution in [2.75, 3.05) is 0 Å². The summed E-state index contributed by atoms with van der Waals surface area (Å²) in [5.74, 6) is 0.554. The Morgan fingerprint density at radius 3 is 2.26 bits per heavy atom. The summed E-state index contributed by atoms with van der Waals surface area (Å²) in [6.07, 6.45) is 0.483. The van der Waals surface area contributed by atoms with Gasteiger partial charge in [0.1, 0.15) is 12.4 Å². The number of halogens is 2. The summed E-state index contributed by atoms with van der Waals surface area (Å²) >= 11 is 13.1. The van der Waals surface area contributed by atoms with Gasteiger partial charge in [-0.3, -0.25) is 14.5 Å².